The Kier molecular flexibility index (Phi) is 6.57. The molecule has 0 unspecified atom stereocenters. The van der Waals surface area contributed by atoms with Crippen molar-refractivity contribution in [3.05, 3.63) is 61.9 Å². The van der Waals surface area contributed by atoms with Crippen molar-refractivity contribution in [2.45, 2.75) is 6.04 Å². The zero-order valence-electron chi connectivity index (χ0n) is 16.2. The van der Waals surface area contributed by atoms with E-state index in [0.717, 1.165) is 13.1 Å². The molecular formula is C20H20BrFN4O3S. The molecule has 10 heteroatoms. The van der Waals surface area contributed by atoms with Gasteiger partial charge in [-0.15, -0.1) is 11.3 Å². The number of aromatic nitrogens is 1. The van der Waals surface area contributed by atoms with Crippen molar-refractivity contribution in [2.75, 3.05) is 40.0 Å². The number of esters is 1. The van der Waals surface area contributed by atoms with Gasteiger partial charge in [-0.1, -0.05) is 12.1 Å². The summed E-state index contributed by atoms with van der Waals surface area (Å²) in [7, 11) is 1.33. The summed E-state index contributed by atoms with van der Waals surface area (Å²) >= 11 is 4.76. The number of nitrogens with zero attached hydrogens (tertiary/aromatic N) is 3. The highest BCUT2D eigenvalue weighted by Gasteiger charge is 2.34. The Labute approximate surface area is 185 Å². The SMILES string of the molecule is COC(=O)C1=C(CN2CCOCC2)NC(c2nccs2)=N[C@H]1c1cccc(F)c1Br. The van der Waals surface area contributed by atoms with E-state index in [-0.39, 0.29) is 4.47 Å². The van der Waals surface area contributed by atoms with Crippen molar-refractivity contribution < 1.29 is 18.7 Å². The first-order chi connectivity index (χ1) is 14.6. The van der Waals surface area contributed by atoms with E-state index in [2.05, 4.69) is 31.1 Å². The molecule has 0 radical (unpaired) electrons. The molecule has 1 saturated heterocycles. The van der Waals surface area contributed by atoms with Gasteiger partial charge in [0.2, 0.25) is 0 Å². The second-order valence-corrected chi connectivity index (χ2v) is 8.45. The summed E-state index contributed by atoms with van der Waals surface area (Å²) in [5.74, 6) is -0.382. The van der Waals surface area contributed by atoms with Crippen LogP contribution in [0.4, 0.5) is 4.39 Å². The van der Waals surface area contributed by atoms with E-state index in [1.807, 2.05) is 5.38 Å². The second-order valence-electron chi connectivity index (χ2n) is 6.76. The van der Waals surface area contributed by atoms with Crippen molar-refractivity contribution in [3.63, 3.8) is 0 Å². The van der Waals surface area contributed by atoms with Gasteiger partial charge in [-0.3, -0.25) is 9.89 Å². The molecule has 0 amide bonds. The molecule has 1 atom stereocenters. The maximum Gasteiger partial charge on any atom is 0.338 e. The van der Waals surface area contributed by atoms with E-state index < -0.39 is 17.8 Å². The minimum Gasteiger partial charge on any atom is -0.466 e. The van der Waals surface area contributed by atoms with Crippen molar-refractivity contribution in [2.24, 2.45) is 4.99 Å². The van der Waals surface area contributed by atoms with Crippen LogP contribution in [0.2, 0.25) is 0 Å². The predicted molar refractivity (Wildman–Crippen MR) is 115 cm³/mol. The molecule has 2 aromatic rings. The Hall–Kier alpha value is -2.14. The molecule has 0 aliphatic carbocycles. The zero-order valence-corrected chi connectivity index (χ0v) is 18.6. The monoisotopic (exact) mass is 494 g/mol. The molecule has 1 aromatic heterocycles. The largest absolute Gasteiger partial charge is 0.466 e. The molecule has 0 spiro atoms. The Morgan fingerprint density at radius 3 is 2.93 bits per heavy atom. The number of methoxy groups -OCH3 is 1. The quantitative estimate of drug-likeness (QED) is 0.644. The lowest BCUT2D eigenvalue weighted by Crippen LogP contribution is -2.43. The number of carbonyl (C=O) groups excluding carboxylic acids is 1. The number of rotatable bonds is 5. The molecule has 7 nitrogen and oxygen atoms in total. The van der Waals surface area contributed by atoms with Gasteiger partial charge in [-0.05, 0) is 27.6 Å². The van der Waals surface area contributed by atoms with Crippen LogP contribution in [0.15, 0.2) is 50.5 Å². The number of morpholine rings is 1. The number of nitrogens with one attached hydrogen (secondary N) is 1. The van der Waals surface area contributed by atoms with Gasteiger partial charge in [-0.2, -0.15) is 0 Å². The number of carbonyl (C=O) groups is 1. The fourth-order valence-electron chi connectivity index (χ4n) is 3.46. The number of ether oxygens (including phenoxy) is 2. The van der Waals surface area contributed by atoms with Crippen molar-refractivity contribution in [1.29, 1.82) is 0 Å². The second kappa shape index (κ2) is 9.34. The van der Waals surface area contributed by atoms with Gasteiger partial charge in [-0.25, -0.2) is 14.2 Å². The molecule has 0 bridgehead atoms. The summed E-state index contributed by atoms with van der Waals surface area (Å²) in [6.45, 7) is 3.25. The van der Waals surface area contributed by atoms with E-state index in [9.17, 15) is 9.18 Å². The van der Waals surface area contributed by atoms with Gasteiger partial charge in [0.1, 0.15) is 11.9 Å². The van der Waals surface area contributed by atoms with Crippen LogP contribution in [0, 0.1) is 5.82 Å². The smallest absolute Gasteiger partial charge is 0.338 e. The first kappa shape index (κ1) is 21.1. The van der Waals surface area contributed by atoms with Crippen LogP contribution in [-0.2, 0) is 14.3 Å². The lowest BCUT2D eigenvalue weighted by atomic mass is 9.95. The summed E-state index contributed by atoms with van der Waals surface area (Å²) in [6, 6.07) is 3.98. The molecule has 0 saturated carbocycles. The molecule has 4 rings (SSSR count). The summed E-state index contributed by atoms with van der Waals surface area (Å²) in [5.41, 5.74) is 1.58. The number of halogens is 2. The van der Waals surface area contributed by atoms with Gasteiger partial charge >= 0.3 is 5.97 Å². The van der Waals surface area contributed by atoms with Crippen LogP contribution in [0.5, 0.6) is 0 Å². The maximum atomic E-state index is 14.3. The topological polar surface area (TPSA) is 76.0 Å². The summed E-state index contributed by atoms with van der Waals surface area (Å²) in [6.07, 6.45) is 1.69. The number of aliphatic imine (C=N–C) groups is 1. The lowest BCUT2D eigenvalue weighted by Gasteiger charge is -2.32. The Morgan fingerprint density at radius 2 is 2.23 bits per heavy atom. The van der Waals surface area contributed by atoms with E-state index in [1.165, 1.54) is 24.5 Å². The molecule has 2 aliphatic rings. The predicted octanol–water partition coefficient (Wildman–Crippen LogP) is 2.90. The minimum atomic E-state index is -0.737. The van der Waals surface area contributed by atoms with Crippen LogP contribution >= 0.6 is 27.3 Å². The number of amidine groups is 1. The van der Waals surface area contributed by atoms with Gasteiger partial charge in [0.25, 0.3) is 0 Å². The van der Waals surface area contributed by atoms with E-state index in [0.29, 0.717) is 47.4 Å². The van der Waals surface area contributed by atoms with E-state index in [1.54, 1.807) is 18.3 Å². The van der Waals surface area contributed by atoms with Crippen LogP contribution in [0.1, 0.15) is 16.6 Å². The Balaban J connectivity index is 1.82. The van der Waals surface area contributed by atoms with Crippen LogP contribution < -0.4 is 5.32 Å². The fourth-order valence-corrected chi connectivity index (χ4v) is 4.53. The number of hydrogen-bond acceptors (Lipinski definition) is 8. The maximum absolute atomic E-state index is 14.3. The molecule has 1 N–H and O–H groups in total. The van der Waals surface area contributed by atoms with Crippen molar-refractivity contribution in [1.82, 2.24) is 15.2 Å². The molecular weight excluding hydrogens is 475 g/mol. The molecule has 1 aromatic carbocycles. The summed E-state index contributed by atoms with van der Waals surface area (Å²) in [4.78, 5) is 24.1. The summed E-state index contributed by atoms with van der Waals surface area (Å²) < 4.78 is 25.1. The third-order valence-corrected chi connectivity index (χ3v) is 6.54. The van der Waals surface area contributed by atoms with Gasteiger partial charge in [0.15, 0.2) is 10.8 Å². The van der Waals surface area contributed by atoms with Crippen molar-refractivity contribution in [3.8, 4) is 0 Å². The Morgan fingerprint density at radius 1 is 1.43 bits per heavy atom. The summed E-state index contributed by atoms with van der Waals surface area (Å²) in [5, 5.41) is 5.83. The first-order valence-electron chi connectivity index (χ1n) is 9.38. The van der Waals surface area contributed by atoms with Crippen LogP contribution in [0.3, 0.4) is 0 Å². The van der Waals surface area contributed by atoms with Crippen molar-refractivity contribution >= 4 is 39.1 Å². The van der Waals surface area contributed by atoms with Gasteiger partial charge in [0.05, 0.1) is 30.4 Å². The highest BCUT2D eigenvalue weighted by atomic mass is 79.9. The first-order valence-corrected chi connectivity index (χ1v) is 11.1. The highest BCUT2D eigenvalue weighted by molar-refractivity contribution is 9.10. The molecule has 1 fully saturated rings. The minimum absolute atomic E-state index is 0.270. The fraction of sp³-hybridized carbons (Fsp3) is 0.350. The molecule has 30 heavy (non-hydrogen) atoms. The molecule has 3 heterocycles. The third kappa shape index (κ3) is 4.31. The Bertz CT molecular complexity index is 990. The molecule has 158 valence electrons. The van der Waals surface area contributed by atoms with E-state index in [4.69, 9.17) is 14.5 Å². The van der Waals surface area contributed by atoms with Gasteiger partial charge < -0.3 is 14.8 Å². The average Bonchev–Trinajstić information content (AvgIpc) is 3.30. The van der Waals surface area contributed by atoms with Crippen LogP contribution in [-0.4, -0.2) is 61.6 Å². The average molecular weight is 495 g/mol. The standard InChI is InChI=1S/C20H20BrFN4O3S/c1-28-20(27)15-14(11-26-6-8-29-9-7-26)24-18(19-23-5-10-30-19)25-17(15)12-3-2-4-13(22)16(12)21/h2-5,10,17H,6-9,11H2,1H3,(H,24,25)/t17-/m0/s1. The third-order valence-electron chi connectivity index (χ3n) is 4.93. The number of hydrogen-bond donors (Lipinski definition) is 1. The number of thiazole rings is 1. The zero-order chi connectivity index (χ0) is 21.1. The van der Waals surface area contributed by atoms with Crippen LogP contribution in [0.25, 0.3) is 0 Å². The highest BCUT2D eigenvalue weighted by Crippen LogP contribution is 2.37. The number of benzene rings is 1. The normalized spacial score (nSPS) is 20.0. The van der Waals surface area contributed by atoms with E-state index >= 15 is 0 Å². The lowest BCUT2D eigenvalue weighted by molar-refractivity contribution is -0.136. The molecule has 2 aliphatic heterocycles. The van der Waals surface area contributed by atoms with Gasteiger partial charge in [0, 0.05) is 36.9 Å².